The van der Waals surface area contributed by atoms with Crippen molar-refractivity contribution in [3.8, 4) is 5.75 Å². The zero-order valence-electron chi connectivity index (χ0n) is 8.91. The molecule has 0 bridgehead atoms. The number of hydrogen-bond acceptors (Lipinski definition) is 3. The summed E-state index contributed by atoms with van der Waals surface area (Å²) in [7, 11) is 1.61. The van der Waals surface area contributed by atoms with Crippen LogP contribution in [0.15, 0.2) is 12.4 Å². The van der Waals surface area contributed by atoms with Crippen LogP contribution in [0.5, 0.6) is 5.75 Å². The molecule has 1 heterocycles. The SMILES string of the molecule is CNC(=O)c1cncc(OC2CC2)c1C. The van der Waals surface area contributed by atoms with E-state index in [9.17, 15) is 4.79 Å². The second kappa shape index (κ2) is 3.88. The lowest BCUT2D eigenvalue weighted by atomic mass is 10.1. The molecule has 0 unspecified atom stereocenters. The standard InChI is InChI=1S/C11H14N2O2/c1-7-9(11(14)12-2)5-13-6-10(7)15-8-3-4-8/h5-6,8H,3-4H2,1-2H3,(H,12,14). The highest BCUT2D eigenvalue weighted by atomic mass is 16.5. The number of rotatable bonds is 3. The van der Waals surface area contributed by atoms with Crippen LogP contribution < -0.4 is 10.1 Å². The van der Waals surface area contributed by atoms with E-state index in [1.807, 2.05) is 6.92 Å². The monoisotopic (exact) mass is 206 g/mol. The highest BCUT2D eigenvalue weighted by Gasteiger charge is 2.25. The quantitative estimate of drug-likeness (QED) is 0.810. The maximum Gasteiger partial charge on any atom is 0.252 e. The van der Waals surface area contributed by atoms with Crippen LogP contribution in [0.2, 0.25) is 0 Å². The van der Waals surface area contributed by atoms with Crippen molar-refractivity contribution in [2.24, 2.45) is 0 Å². The molecule has 0 aromatic carbocycles. The van der Waals surface area contributed by atoms with Crippen LogP contribution >= 0.6 is 0 Å². The molecule has 1 aliphatic carbocycles. The Balaban J connectivity index is 2.27. The number of nitrogens with zero attached hydrogens (tertiary/aromatic N) is 1. The van der Waals surface area contributed by atoms with E-state index in [0.29, 0.717) is 11.7 Å². The molecular formula is C11H14N2O2. The van der Waals surface area contributed by atoms with Crippen LogP contribution in [-0.2, 0) is 0 Å². The zero-order chi connectivity index (χ0) is 10.8. The van der Waals surface area contributed by atoms with Gasteiger partial charge in [0.15, 0.2) is 0 Å². The van der Waals surface area contributed by atoms with Crippen LogP contribution in [0.4, 0.5) is 0 Å². The van der Waals surface area contributed by atoms with Crippen molar-refractivity contribution in [2.75, 3.05) is 7.05 Å². The minimum absolute atomic E-state index is 0.124. The molecule has 2 rings (SSSR count). The molecule has 1 amide bonds. The fraction of sp³-hybridized carbons (Fsp3) is 0.455. The molecule has 1 fully saturated rings. The van der Waals surface area contributed by atoms with Crippen molar-refractivity contribution >= 4 is 5.91 Å². The Morgan fingerprint density at radius 2 is 2.27 bits per heavy atom. The maximum absolute atomic E-state index is 11.5. The molecule has 4 heteroatoms. The Kier molecular flexibility index (Phi) is 2.58. The Morgan fingerprint density at radius 3 is 2.87 bits per heavy atom. The Morgan fingerprint density at radius 1 is 1.53 bits per heavy atom. The van der Waals surface area contributed by atoms with Crippen molar-refractivity contribution in [3.63, 3.8) is 0 Å². The average Bonchev–Trinajstić information content (AvgIpc) is 3.04. The van der Waals surface area contributed by atoms with E-state index in [1.165, 1.54) is 0 Å². The third-order valence-electron chi connectivity index (χ3n) is 2.46. The number of carbonyl (C=O) groups excluding carboxylic acids is 1. The second-order valence-corrected chi connectivity index (χ2v) is 3.71. The predicted molar refractivity (Wildman–Crippen MR) is 56.0 cm³/mol. The maximum atomic E-state index is 11.5. The molecule has 1 aromatic heterocycles. The van der Waals surface area contributed by atoms with Gasteiger partial charge in [-0.25, -0.2) is 0 Å². The Labute approximate surface area is 88.7 Å². The van der Waals surface area contributed by atoms with Crippen molar-refractivity contribution in [3.05, 3.63) is 23.5 Å². The van der Waals surface area contributed by atoms with Gasteiger partial charge in [-0.3, -0.25) is 9.78 Å². The van der Waals surface area contributed by atoms with Crippen molar-refractivity contribution in [1.29, 1.82) is 0 Å². The third-order valence-corrected chi connectivity index (χ3v) is 2.46. The fourth-order valence-electron chi connectivity index (χ4n) is 1.35. The summed E-state index contributed by atoms with van der Waals surface area (Å²) in [6, 6.07) is 0. The molecule has 0 radical (unpaired) electrons. The van der Waals surface area contributed by atoms with Crippen molar-refractivity contribution < 1.29 is 9.53 Å². The van der Waals surface area contributed by atoms with Crippen LogP contribution in [0, 0.1) is 6.92 Å². The van der Waals surface area contributed by atoms with Gasteiger partial charge < -0.3 is 10.1 Å². The number of carbonyl (C=O) groups is 1. The molecule has 0 spiro atoms. The topological polar surface area (TPSA) is 51.2 Å². The molecule has 0 atom stereocenters. The van der Waals surface area contributed by atoms with E-state index in [-0.39, 0.29) is 5.91 Å². The van der Waals surface area contributed by atoms with Gasteiger partial charge in [-0.2, -0.15) is 0 Å². The number of aromatic nitrogens is 1. The van der Waals surface area contributed by atoms with E-state index in [4.69, 9.17) is 4.74 Å². The smallest absolute Gasteiger partial charge is 0.252 e. The summed E-state index contributed by atoms with van der Waals surface area (Å²) in [5, 5.41) is 2.58. The molecule has 4 nitrogen and oxygen atoms in total. The van der Waals surface area contributed by atoms with Gasteiger partial charge >= 0.3 is 0 Å². The van der Waals surface area contributed by atoms with Gasteiger partial charge in [0.2, 0.25) is 0 Å². The fourth-order valence-corrected chi connectivity index (χ4v) is 1.35. The van der Waals surface area contributed by atoms with E-state index < -0.39 is 0 Å². The van der Waals surface area contributed by atoms with Crippen LogP contribution in [-0.4, -0.2) is 24.0 Å². The Bertz CT molecular complexity index is 386. The number of ether oxygens (including phenoxy) is 1. The number of pyridine rings is 1. The predicted octanol–water partition coefficient (Wildman–Crippen LogP) is 1.29. The summed E-state index contributed by atoms with van der Waals surface area (Å²) >= 11 is 0. The average molecular weight is 206 g/mol. The molecule has 0 saturated heterocycles. The molecule has 0 aliphatic heterocycles. The van der Waals surface area contributed by atoms with Gasteiger partial charge in [-0.1, -0.05) is 0 Å². The zero-order valence-corrected chi connectivity index (χ0v) is 8.91. The van der Waals surface area contributed by atoms with E-state index in [1.54, 1.807) is 19.4 Å². The lowest BCUT2D eigenvalue weighted by molar-refractivity contribution is 0.0961. The van der Waals surface area contributed by atoms with Crippen LogP contribution in [0.25, 0.3) is 0 Å². The molecule has 15 heavy (non-hydrogen) atoms. The number of hydrogen-bond donors (Lipinski definition) is 1. The first-order chi connectivity index (χ1) is 7.22. The van der Waals surface area contributed by atoms with Crippen LogP contribution in [0.1, 0.15) is 28.8 Å². The van der Waals surface area contributed by atoms with Gasteiger partial charge in [0.05, 0.1) is 17.9 Å². The molecule has 1 aliphatic rings. The van der Waals surface area contributed by atoms with Crippen LogP contribution in [0.3, 0.4) is 0 Å². The lowest BCUT2D eigenvalue weighted by Gasteiger charge is -2.10. The summed E-state index contributed by atoms with van der Waals surface area (Å²) < 4.78 is 5.65. The summed E-state index contributed by atoms with van der Waals surface area (Å²) in [6.07, 6.45) is 5.76. The van der Waals surface area contributed by atoms with Gasteiger partial charge in [0.1, 0.15) is 5.75 Å². The van der Waals surface area contributed by atoms with Gasteiger partial charge in [0, 0.05) is 18.8 Å². The first-order valence-electron chi connectivity index (χ1n) is 5.05. The Hall–Kier alpha value is -1.58. The number of amides is 1. The number of nitrogens with one attached hydrogen (secondary N) is 1. The molecule has 1 N–H and O–H groups in total. The van der Waals surface area contributed by atoms with Gasteiger partial charge in [-0.05, 0) is 19.8 Å². The summed E-state index contributed by atoms with van der Waals surface area (Å²) in [5.41, 5.74) is 1.44. The minimum atomic E-state index is -0.124. The van der Waals surface area contributed by atoms with Gasteiger partial charge in [-0.15, -0.1) is 0 Å². The molecule has 1 saturated carbocycles. The third kappa shape index (κ3) is 2.09. The highest BCUT2D eigenvalue weighted by molar-refractivity contribution is 5.95. The largest absolute Gasteiger partial charge is 0.489 e. The van der Waals surface area contributed by atoms with E-state index in [2.05, 4.69) is 10.3 Å². The van der Waals surface area contributed by atoms with E-state index >= 15 is 0 Å². The molecule has 1 aromatic rings. The van der Waals surface area contributed by atoms with Crippen molar-refractivity contribution in [1.82, 2.24) is 10.3 Å². The summed E-state index contributed by atoms with van der Waals surface area (Å²) in [4.78, 5) is 15.5. The summed E-state index contributed by atoms with van der Waals surface area (Å²) in [5.74, 6) is 0.597. The van der Waals surface area contributed by atoms with E-state index in [0.717, 1.165) is 24.2 Å². The lowest BCUT2D eigenvalue weighted by Crippen LogP contribution is -2.19. The van der Waals surface area contributed by atoms with Gasteiger partial charge in [0.25, 0.3) is 5.91 Å². The first kappa shape index (κ1) is 9.96. The molecular weight excluding hydrogens is 192 g/mol. The highest BCUT2D eigenvalue weighted by Crippen LogP contribution is 2.29. The van der Waals surface area contributed by atoms with Crippen molar-refractivity contribution in [2.45, 2.75) is 25.9 Å². The first-order valence-corrected chi connectivity index (χ1v) is 5.05. The normalized spacial score (nSPS) is 14.8. The summed E-state index contributed by atoms with van der Waals surface area (Å²) in [6.45, 7) is 1.88. The minimum Gasteiger partial charge on any atom is -0.489 e. The second-order valence-electron chi connectivity index (χ2n) is 3.71. The molecule has 80 valence electrons.